The highest BCUT2D eigenvalue weighted by Gasteiger charge is 2.30. The molecule has 1 aliphatic heterocycles. The molecule has 1 N–H and O–H groups in total. The zero-order valence-electron chi connectivity index (χ0n) is 12.4. The van der Waals surface area contributed by atoms with Gasteiger partial charge in [-0.25, -0.2) is 13.4 Å². The lowest BCUT2D eigenvalue weighted by Gasteiger charge is -2.25. The van der Waals surface area contributed by atoms with Crippen LogP contribution < -0.4 is 10.2 Å². The first-order valence-corrected chi connectivity index (χ1v) is 8.92. The average molecular weight is 311 g/mol. The molecule has 0 saturated carbocycles. The van der Waals surface area contributed by atoms with Gasteiger partial charge in [0.1, 0.15) is 5.82 Å². The molecule has 1 unspecified atom stereocenters. The van der Waals surface area contributed by atoms with Crippen molar-refractivity contribution in [2.45, 2.75) is 32.2 Å². The van der Waals surface area contributed by atoms with Crippen molar-refractivity contribution in [2.24, 2.45) is 0 Å². The molecule has 1 fully saturated rings. The van der Waals surface area contributed by atoms with Crippen LogP contribution in [0.15, 0.2) is 18.3 Å². The van der Waals surface area contributed by atoms with Crippen molar-refractivity contribution in [1.82, 2.24) is 4.98 Å². The largest absolute Gasteiger partial charge is 0.369 e. The molecule has 21 heavy (non-hydrogen) atoms. The summed E-state index contributed by atoms with van der Waals surface area (Å²) in [5.74, 6) is 0.914. The number of aromatic nitrogens is 1. The van der Waals surface area contributed by atoms with Gasteiger partial charge in [0, 0.05) is 19.5 Å². The Hall–Kier alpha value is -1.63. The summed E-state index contributed by atoms with van der Waals surface area (Å²) in [4.78, 5) is 17.6. The number of hydrogen-bond donors (Lipinski definition) is 1. The molecule has 1 saturated heterocycles. The van der Waals surface area contributed by atoms with Crippen LogP contribution in [0.1, 0.15) is 26.2 Å². The van der Waals surface area contributed by atoms with Gasteiger partial charge in [-0.15, -0.1) is 0 Å². The lowest BCUT2D eigenvalue weighted by atomic mass is 10.2. The van der Waals surface area contributed by atoms with Gasteiger partial charge in [-0.2, -0.15) is 0 Å². The van der Waals surface area contributed by atoms with Crippen molar-refractivity contribution < 1.29 is 13.2 Å². The van der Waals surface area contributed by atoms with Crippen molar-refractivity contribution in [3.05, 3.63) is 18.3 Å². The molecule has 0 spiro atoms. The standard InChI is InChI=1S/C14H21N3O3S/c1-3-4-14(18)16-13-6-5-11(9-15-13)17(2)12-7-8-21(19,20)10-12/h5-6,9,12H,3-4,7-8,10H2,1-2H3,(H,15,16,18). The second kappa shape index (κ2) is 6.43. The minimum absolute atomic E-state index is 0.00247. The van der Waals surface area contributed by atoms with Gasteiger partial charge in [-0.05, 0) is 25.0 Å². The van der Waals surface area contributed by atoms with Crippen LogP contribution >= 0.6 is 0 Å². The fourth-order valence-electron chi connectivity index (χ4n) is 2.39. The van der Waals surface area contributed by atoms with Gasteiger partial charge < -0.3 is 10.2 Å². The van der Waals surface area contributed by atoms with Crippen molar-refractivity contribution in [3.8, 4) is 0 Å². The zero-order valence-corrected chi connectivity index (χ0v) is 13.2. The molecule has 0 aromatic carbocycles. The summed E-state index contributed by atoms with van der Waals surface area (Å²) in [7, 11) is -1.03. The van der Waals surface area contributed by atoms with Gasteiger partial charge in [0.25, 0.3) is 0 Å². The first kappa shape index (κ1) is 15.8. The molecule has 1 atom stereocenters. The molecule has 7 heteroatoms. The van der Waals surface area contributed by atoms with Gasteiger partial charge in [0.15, 0.2) is 9.84 Å². The Morgan fingerprint density at radius 3 is 2.76 bits per heavy atom. The quantitative estimate of drug-likeness (QED) is 0.890. The number of anilines is 2. The number of amides is 1. The van der Waals surface area contributed by atoms with E-state index in [-0.39, 0.29) is 23.5 Å². The van der Waals surface area contributed by atoms with E-state index in [1.165, 1.54) is 0 Å². The van der Waals surface area contributed by atoms with Crippen LogP contribution in [-0.4, -0.2) is 43.9 Å². The second-order valence-corrected chi connectivity index (χ2v) is 7.60. The van der Waals surface area contributed by atoms with E-state index < -0.39 is 9.84 Å². The van der Waals surface area contributed by atoms with Gasteiger partial charge in [-0.1, -0.05) is 6.92 Å². The van der Waals surface area contributed by atoms with Crippen LogP contribution in [0.3, 0.4) is 0 Å². The predicted molar refractivity (Wildman–Crippen MR) is 83.2 cm³/mol. The predicted octanol–water partition coefficient (Wildman–Crippen LogP) is 1.44. The number of carbonyl (C=O) groups is 1. The van der Waals surface area contributed by atoms with Crippen LogP contribution in [0.25, 0.3) is 0 Å². The molecule has 0 bridgehead atoms. The van der Waals surface area contributed by atoms with Crippen molar-refractivity contribution >= 4 is 27.2 Å². The highest BCUT2D eigenvalue weighted by Crippen LogP contribution is 2.23. The summed E-state index contributed by atoms with van der Waals surface area (Å²) in [6, 6.07) is 3.58. The fourth-order valence-corrected chi connectivity index (χ4v) is 4.17. The zero-order chi connectivity index (χ0) is 15.5. The molecule has 0 aliphatic carbocycles. The van der Waals surface area contributed by atoms with Crippen LogP contribution in [0.5, 0.6) is 0 Å². The van der Waals surface area contributed by atoms with Crippen molar-refractivity contribution in [2.75, 3.05) is 28.8 Å². The molecular weight excluding hydrogens is 290 g/mol. The van der Waals surface area contributed by atoms with Crippen LogP contribution in [0.2, 0.25) is 0 Å². The maximum atomic E-state index is 11.5. The Morgan fingerprint density at radius 1 is 1.48 bits per heavy atom. The number of nitrogens with zero attached hydrogens (tertiary/aromatic N) is 2. The summed E-state index contributed by atoms with van der Waals surface area (Å²) in [6.45, 7) is 1.95. The van der Waals surface area contributed by atoms with E-state index in [2.05, 4.69) is 10.3 Å². The Balaban J connectivity index is 2.00. The highest BCUT2D eigenvalue weighted by atomic mass is 32.2. The maximum Gasteiger partial charge on any atom is 0.225 e. The Bertz CT molecular complexity index is 598. The summed E-state index contributed by atoms with van der Waals surface area (Å²) < 4.78 is 23.0. The molecule has 2 heterocycles. The maximum absolute atomic E-state index is 11.5. The summed E-state index contributed by atoms with van der Waals surface area (Å²) in [5.41, 5.74) is 0.852. The summed E-state index contributed by atoms with van der Waals surface area (Å²) >= 11 is 0. The van der Waals surface area contributed by atoms with E-state index in [1.807, 2.05) is 24.9 Å². The minimum Gasteiger partial charge on any atom is -0.369 e. The number of sulfone groups is 1. The van der Waals surface area contributed by atoms with Gasteiger partial charge in [0.05, 0.1) is 23.4 Å². The number of hydrogen-bond acceptors (Lipinski definition) is 5. The van der Waals surface area contributed by atoms with E-state index in [0.717, 1.165) is 12.1 Å². The summed E-state index contributed by atoms with van der Waals surface area (Å²) in [5, 5.41) is 2.73. The molecule has 116 valence electrons. The Labute approximate surface area is 125 Å². The minimum atomic E-state index is -2.90. The molecule has 1 aromatic rings. The lowest BCUT2D eigenvalue weighted by molar-refractivity contribution is -0.116. The molecule has 6 nitrogen and oxygen atoms in total. The third kappa shape index (κ3) is 4.17. The topological polar surface area (TPSA) is 79.4 Å². The normalized spacial score (nSPS) is 20.2. The molecule has 2 rings (SSSR count). The number of rotatable bonds is 5. The van der Waals surface area contributed by atoms with E-state index in [9.17, 15) is 13.2 Å². The number of nitrogens with one attached hydrogen (secondary N) is 1. The fraction of sp³-hybridized carbons (Fsp3) is 0.571. The first-order valence-electron chi connectivity index (χ1n) is 7.10. The smallest absolute Gasteiger partial charge is 0.225 e. The monoisotopic (exact) mass is 311 g/mol. The van der Waals surface area contributed by atoms with Crippen LogP contribution in [-0.2, 0) is 14.6 Å². The third-order valence-corrected chi connectivity index (χ3v) is 5.41. The van der Waals surface area contributed by atoms with Gasteiger partial charge in [-0.3, -0.25) is 4.79 Å². The van der Waals surface area contributed by atoms with Gasteiger partial charge in [0.2, 0.25) is 5.91 Å². The van der Waals surface area contributed by atoms with E-state index >= 15 is 0 Å². The molecule has 0 radical (unpaired) electrons. The van der Waals surface area contributed by atoms with Crippen molar-refractivity contribution in [3.63, 3.8) is 0 Å². The van der Waals surface area contributed by atoms with E-state index in [0.29, 0.717) is 18.7 Å². The SMILES string of the molecule is CCCC(=O)Nc1ccc(N(C)C2CCS(=O)(=O)C2)cn1. The van der Waals surface area contributed by atoms with Gasteiger partial charge >= 0.3 is 0 Å². The molecule has 1 aliphatic rings. The van der Waals surface area contributed by atoms with Crippen molar-refractivity contribution in [1.29, 1.82) is 0 Å². The molecule has 1 aromatic heterocycles. The molecular formula is C14H21N3O3S. The van der Waals surface area contributed by atoms with Crippen LogP contribution in [0, 0.1) is 0 Å². The Morgan fingerprint density at radius 2 is 2.24 bits per heavy atom. The first-order chi connectivity index (χ1) is 9.91. The lowest BCUT2D eigenvalue weighted by Crippen LogP contribution is -2.32. The average Bonchev–Trinajstić information content (AvgIpc) is 2.79. The molecule has 1 amide bonds. The van der Waals surface area contributed by atoms with Crippen LogP contribution in [0.4, 0.5) is 11.5 Å². The number of carbonyl (C=O) groups excluding carboxylic acids is 1. The number of pyridine rings is 1. The summed E-state index contributed by atoms with van der Waals surface area (Å²) in [6.07, 6.45) is 3.58. The third-order valence-electron chi connectivity index (χ3n) is 3.66. The Kier molecular flexibility index (Phi) is 4.82. The van der Waals surface area contributed by atoms with E-state index in [1.54, 1.807) is 12.3 Å². The highest BCUT2D eigenvalue weighted by molar-refractivity contribution is 7.91. The van der Waals surface area contributed by atoms with E-state index in [4.69, 9.17) is 0 Å². The second-order valence-electron chi connectivity index (χ2n) is 5.37.